The minimum atomic E-state index is 0.195. The Kier molecular flexibility index (Phi) is 5.33. The lowest BCUT2D eigenvalue weighted by atomic mass is 10.1. The van der Waals surface area contributed by atoms with Crippen LogP contribution in [-0.4, -0.2) is 35.2 Å². The van der Waals surface area contributed by atoms with Gasteiger partial charge in [-0.05, 0) is 31.9 Å². The molecule has 1 saturated heterocycles. The quantitative estimate of drug-likeness (QED) is 0.723. The Balaban J connectivity index is 2.18. The topological polar surface area (TPSA) is 49.3 Å². The maximum absolute atomic E-state index is 11.6. The van der Waals surface area contributed by atoms with Crippen LogP contribution < -0.4 is 5.32 Å². The Morgan fingerprint density at radius 1 is 1.71 bits per heavy atom. The molecule has 1 aliphatic heterocycles. The normalized spacial score (nSPS) is 23.4. The van der Waals surface area contributed by atoms with Crippen LogP contribution in [0.1, 0.15) is 26.2 Å². The van der Waals surface area contributed by atoms with E-state index in [0.717, 1.165) is 30.8 Å². The van der Waals surface area contributed by atoms with E-state index in [1.54, 1.807) is 0 Å². The molecule has 2 unspecified atom stereocenters. The van der Waals surface area contributed by atoms with Gasteiger partial charge in [0.1, 0.15) is 0 Å². The Bertz CT molecular complexity index is 181. The van der Waals surface area contributed by atoms with E-state index in [2.05, 4.69) is 5.32 Å². The molecule has 0 spiro atoms. The third-order valence-corrected chi connectivity index (χ3v) is 3.65. The average molecular weight is 217 g/mol. The van der Waals surface area contributed by atoms with Crippen molar-refractivity contribution < 1.29 is 9.90 Å². The van der Waals surface area contributed by atoms with Crippen molar-refractivity contribution in [2.24, 2.45) is 5.92 Å². The molecule has 0 aromatic rings. The highest BCUT2D eigenvalue weighted by Gasteiger charge is 2.23. The molecule has 1 heterocycles. The molecule has 0 radical (unpaired) electrons. The smallest absolute Gasteiger partial charge is 0.224 e. The van der Waals surface area contributed by atoms with Crippen LogP contribution in [0.15, 0.2) is 0 Å². The number of hydrogen-bond acceptors (Lipinski definition) is 3. The first-order valence-electron chi connectivity index (χ1n) is 5.23. The predicted molar refractivity (Wildman–Crippen MR) is 59.4 cm³/mol. The molecule has 0 aromatic heterocycles. The summed E-state index contributed by atoms with van der Waals surface area (Å²) < 4.78 is 0. The number of aliphatic hydroxyl groups excluding tert-OH is 1. The standard InChI is InChI=1S/C10H19NO2S/c1-8(3-2-5-12)11-10(13)9-4-6-14-7-9/h8-9,12H,2-7H2,1H3,(H,11,13). The summed E-state index contributed by atoms with van der Waals surface area (Å²) >= 11 is 1.85. The van der Waals surface area contributed by atoms with Crippen LogP contribution in [-0.2, 0) is 4.79 Å². The molecule has 3 nitrogen and oxygen atoms in total. The summed E-state index contributed by atoms with van der Waals surface area (Å²) in [7, 11) is 0. The molecule has 82 valence electrons. The molecular formula is C10H19NO2S. The van der Waals surface area contributed by atoms with Crippen LogP contribution >= 0.6 is 11.8 Å². The fourth-order valence-electron chi connectivity index (χ4n) is 1.57. The molecule has 1 aliphatic rings. The summed E-state index contributed by atoms with van der Waals surface area (Å²) in [6, 6.07) is 0.195. The third-order valence-electron chi connectivity index (χ3n) is 2.48. The minimum absolute atomic E-state index is 0.195. The van der Waals surface area contributed by atoms with Gasteiger partial charge in [-0.3, -0.25) is 4.79 Å². The van der Waals surface area contributed by atoms with Gasteiger partial charge in [0, 0.05) is 24.3 Å². The summed E-state index contributed by atoms with van der Waals surface area (Å²) in [4.78, 5) is 11.6. The molecule has 1 amide bonds. The van der Waals surface area contributed by atoms with Crippen LogP contribution in [0.5, 0.6) is 0 Å². The van der Waals surface area contributed by atoms with Gasteiger partial charge < -0.3 is 10.4 Å². The number of carbonyl (C=O) groups excluding carboxylic acids is 1. The van der Waals surface area contributed by atoms with E-state index in [9.17, 15) is 4.79 Å². The number of aliphatic hydroxyl groups is 1. The Hall–Kier alpha value is -0.220. The van der Waals surface area contributed by atoms with E-state index in [4.69, 9.17) is 5.11 Å². The maximum Gasteiger partial charge on any atom is 0.224 e. The molecule has 2 N–H and O–H groups in total. The number of amides is 1. The van der Waals surface area contributed by atoms with E-state index in [1.165, 1.54) is 0 Å². The van der Waals surface area contributed by atoms with Crippen molar-refractivity contribution in [1.29, 1.82) is 0 Å². The monoisotopic (exact) mass is 217 g/mol. The summed E-state index contributed by atoms with van der Waals surface area (Å²) in [6.07, 6.45) is 2.65. The lowest BCUT2D eigenvalue weighted by molar-refractivity contribution is -0.124. The second kappa shape index (κ2) is 6.30. The SMILES string of the molecule is CC(CCCO)NC(=O)C1CCSC1. The summed E-state index contributed by atoms with van der Waals surface area (Å²) in [5.74, 6) is 2.50. The van der Waals surface area contributed by atoms with Crippen LogP contribution in [0.25, 0.3) is 0 Å². The van der Waals surface area contributed by atoms with Gasteiger partial charge in [0.2, 0.25) is 5.91 Å². The van der Waals surface area contributed by atoms with E-state index < -0.39 is 0 Å². The van der Waals surface area contributed by atoms with Gasteiger partial charge in [0.05, 0.1) is 0 Å². The van der Waals surface area contributed by atoms with Crippen LogP contribution in [0.4, 0.5) is 0 Å². The lowest BCUT2D eigenvalue weighted by Crippen LogP contribution is -2.37. The fourth-order valence-corrected chi connectivity index (χ4v) is 2.79. The van der Waals surface area contributed by atoms with Crippen molar-refractivity contribution in [1.82, 2.24) is 5.32 Å². The number of carbonyl (C=O) groups is 1. The van der Waals surface area contributed by atoms with E-state index in [-0.39, 0.29) is 24.5 Å². The van der Waals surface area contributed by atoms with Crippen molar-refractivity contribution in [3.63, 3.8) is 0 Å². The largest absolute Gasteiger partial charge is 0.396 e. The van der Waals surface area contributed by atoms with Gasteiger partial charge in [0.15, 0.2) is 0 Å². The fraction of sp³-hybridized carbons (Fsp3) is 0.900. The van der Waals surface area contributed by atoms with Gasteiger partial charge in [-0.15, -0.1) is 0 Å². The molecule has 0 saturated carbocycles. The lowest BCUT2D eigenvalue weighted by Gasteiger charge is -2.15. The van der Waals surface area contributed by atoms with Gasteiger partial charge in [-0.25, -0.2) is 0 Å². The summed E-state index contributed by atoms with van der Waals surface area (Å²) in [5.41, 5.74) is 0. The molecule has 2 atom stereocenters. The Labute approximate surface area is 89.6 Å². The molecule has 0 aliphatic carbocycles. The maximum atomic E-state index is 11.6. The highest BCUT2D eigenvalue weighted by molar-refractivity contribution is 7.99. The highest BCUT2D eigenvalue weighted by atomic mass is 32.2. The van der Waals surface area contributed by atoms with Crippen molar-refractivity contribution >= 4 is 17.7 Å². The first-order valence-corrected chi connectivity index (χ1v) is 6.38. The van der Waals surface area contributed by atoms with Crippen LogP contribution in [0, 0.1) is 5.92 Å². The average Bonchev–Trinajstić information content (AvgIpc) is 2.67. The van der Waals surface area contributed by atoms with E-state index in [1.807, 2.05) is 18.7 Å². The number of thioether (sulfide) groups is 1. The molecule has 1 fully saturated rings. The summed E-state index contributed by atoms with van der Waals surface area (Å²) in [5, 5.41) is 11.6. The molecule has 1 rings (SSSR count). The van der Waals surface area contributed by atoms with Crippen LogP contribution in [0.2, 0.25) is 0 Å². The van der Waals surface area contributed by atoms with Gasteiger partial charge >= 0.3 is 0 Å². The highest BCUT2D eigenvalue weighted by Crippen LogP contribution is 2.23. The van der Waals surface area contributed by atoms with E-state index >= 15 is 0 Å². The van der Waals surface area contributed by atoms with E-state index in [0.29, 0.717) is 0 Å². The van der Waals surface area contributed by atoms with Gasteiger partial charge in [-0.1, -0.05) is 0 Å². The second-order valence-corrected chi connectivity index (χ2v) is 4.99. The molecule has 0 bridgehead atoms. The number of rotatable bonds is 5. The first kappa shape index (κ1) is 11.9. The Morgan fingerprint density at radius 3 is 3.07 bits per heavy atom. The van der Waals surface area contributed by atoms with Crippen LogP contribution in [0.3, 0.4) is 0 Å². The number of nitrogens with one attached hydrogen (secondary N) is 1. The Morgan fingerprint density at radius 2 is 2.50 bits per heavy atom. The van der Waals surface area contributed by atoms with Crippen molar-refractivity contribution in [3.05, 3.63) is 0 Å². The van der Waals surface area contributed by atoms with Crippen molar-refractivity contribution in [2.45, 2.75) is 32.2 Å². The number of hydrogen-bond donors (Lipinski definition) is 2. The van der Waals surface area contributed by atoms with Gasteiger partial charge in [-0.2, -0.15) is 11.8 Å². The molecule has 0 aromatic carbocycles. The first-order chi connectivity index (χ1) is 6.74. The summed E-state index contributed by atoms with van der Waals surface area (Å²) in [6.45, 7) is 2.20. The molecular weight excluding hydrogens is 198 g/mol. The second-order valence-electron chi connectivity index (χ2n) is 3.84. The van der Waals surface area contributed by atoms with Gasteiger partial charge in [0.25, 0.3) is 0 Å². The van der Waals surface area contributed by atoms with Crippen molar-refractivity contribution in [3.8, 4) is 0 Å². The zero-order valence-corrected chi connectivity index (χ0v) is 9.48. The molecule has 4 heteroatoms. The minimum Gasteiger partial charge on any atom is -0.396 e. The van der Waals surface area contributed by atoms with Crippen molar-refractivity contribution in [2.75, 3.05) is 18.1 Å². The zero-order valence-electron chi connectivity index (χ0n) is 8.66. The predicted octanol–water partition coefficient (Wildman–Crippen LogP) is 1.02. The third kappa shape index (κ3) is 3.88. The zero-order chi connectivity index (χ0) is 10.4. The molecule has 14 heavy (non-hydrogen) atoms.